The van der Waals surface area contributed by atoms with Crippen molar-refractivity contribution < 1.29 is 8.42 Å². The molecule has 7 nitrogen and oxygen atoms in total. The minimum atomic E-state index is -3.66. The topological polar surface area (TPSA) is 82.2 Å². The molecule has 132 valence electrons. The van der Waals surface area contributed by atoms with E-state index in [-0.39, 0.29) is 10.5 Å². The van der Waals surface area contributed by atoms with Crippen LogP contribution in [0.3, 0.4) is 0 Å². The zero-order chi connectivity index (χ0) is 18.0. The van der Waals surface area contributed by atoms with Gasteiger partial charge in [0.1, 0.15) is 11.1 Å². The van der Waals surface area contributed by atoms with Crippen LogP contribution in [-0.4, -0.2) is 53.6 Å². The van der Waals surface area contributed by atoms with Crippen molar-refractivity contribution in [2.75, 3.05) is 26.2 Å². The molecular formula is C15H17N5O2S3. The normalized spacial score (nSPS) is 16.6. The average molecular weight is 396 g/mol. The zero-order valence-corrected chi connectivity index (χ0v) is 16.1. The summed E-state index contributed by atoms with van der Waals surface area (Å²) < 4.78 is 29.5. The van der Waals surface area contributed by atoms with Gasteiger partial charge in [0.15, 0.2) is 3.95 Å². The molecule has 25 heavy (non-hydrogen) atoms. The van der Waals surface area contributed by atoms with Gasteiger partial charge in [-0.1, -0.05) is 23.5 Å². The van der Waals surface area contributed by atoms with Gasteiger partial charge in [-0.3, -0.25) is 4.90 Å². The largest absolute Gasteiger partial charge is 0.282 e. The maximum absolute atomic E-state index is 12.8. The van der Waals surface area contributed by atoms with Crippen molar-refractivity contribution in [1.82, 2.24) is 19.0 Å². The quantitative estimate of drug-likeness (QED) is 0.735. The van der Waals surface area contributed by atoms with Crippen LogP contribution in [0.1, 0.15) is 10.6 Å². The maximum atomic E-state index is 12.8. The van der Waals surface area contributed by atoms with Gasteiger partial charge in [0.25, 0.3) is 0 Å². The van der Waals surface area contributed by atoms with Crippen LogP contribution in [0.4, 0.5) is 0 Å². The van der Waals surface area contributed by atoms with Crippen LogP contribution in [0.5, 0.6) is 0 Å². The Kier molecular flexibility index (Phi) is 5.31. The van der Waals surface area contributed by atoms with Gasteiger partial charge in [0.2, 0.25) is 10.0 Å². The number of sulfonamides is 1. The number of benzene rings is 1. The lowest BCUT2D eigenvalue weighted by molar-refractivity contribution is 0.145. The molecule has 0 atom stereocenters. The van der Waals surface area contributed by atoms with Crippen LogP contribution in [0, 0.1) is 22.2 Å². The van der Waals surface area contributed by atoms with E-state index in [1.165, 1.54) is 27.8 Å². The van der Waals surface area contributed by atoms with Gasteiger partial charge >= 0.3 is 0 Å². The Morgan fingerprint density at radius 2 is 1.96 bits per heavy atom. The van der Waals surface area contributed by atoms with Crippen molar-refractivity contribution in [3.63, 3.8) is 0 Å². The van der Waals surface area contributed by atoms with Crippen LogP contribution in [0.2, 0.25) is 0 Å². The summed E-state index contributed by atoms with van der Waals surface area (Å²) in [6, 6.07) is 8.26. The van der Waals surface area contributed by atoms with E-state index >= 15 is 0 Å². The smallest absolute Gasteiger partial charge is 0.244 e. The highest BCUT2D eigenvalue weighted by Gasteiger charge is 2.30. The molecule has 1 aromatic heterocycles. The lowest BCUT2D eigenvalue weighted by Crippen LogP contribution is -2.49. The van der Waals surface area contributed by atoms with Crippen LogP contribution < -0.4 is 0 Å². The van der Waals surface area contributed by atoms with E-state index < -0.39 is 10.0 Å². The Morgan fingerprint density at radius 3 is 2.56 bits per heavy atom. The van der Waals surface area contributed by atoms with Crippen LogP contribution in [0.25, 0.3) is 0 Å². The first-order valence-corrected chi connectivity index (χ1v) is 10.3. The van der Waals surface area contributed by atoms with Gasteiger partial charge in [-0.15, -0.1) is 0 Å². The third-order valence-electron chi connectivity index (χ3n) is 4.00. The zero-order valence-electron chi connectivity index (χ0n) is 13.6. The van der Waals surface area contributed by atoms with E-state index in [9.17, 15) is 8.42 Å². The summed E-state index contributed by atoms with van der Waals surface area (Å²) in [5.74, 6) is 0. The van der Waals surface area contributed by atoms with Gasteiger partial charge < -0.3 is 0 Å². The number of hydrogen-bond donors (Lipinski definition) is 0. The number of aromatic nitrogens is 2. The van der Waals surface area contributed by atoms with Crippen molar-refractivity contribution in [3.05, 3.63) is 38.8 Å². The van der Waals surface area contributed by atoms with E-state index in [0.717, 1.165) is 8.96 Å². The van der Waals surface area contributed by atoms with E-state index in [1.54, 1.807) is 16.8 Å². The molecule has 0 bridgehead atoms. The van der Waals surface area contributed by atoms with E-state index in [0.29, 0.717) is 32.8 Å². The summed E-state index contributed by atoms with van der Waals surface area (Å²) in [5, 5.41) is 14.4. The summed E-state index contributed by atoms with van der Waals surface area (Å²) in [7, 11) is -3.66. The highest BCUT2D eigenvalue weighted by atomic mass is 32.2. The Balaban J connectivity index is 1.70. The molecule has 0 aliphatic carbocycles. The summed E-state index contributed by atoms with van der Waals surface area (Å²) in [6.07, 6.45) is 0. The second-order valence-corrected chi connectivity index (χ2v) is 9.39. The third kappa shape index (κ3) is 3.80. The SMILES string of the molecule is Cc1nn(CN2CCN(S(=O)(=O)c3ccccc3C#N)CC2)c(=S)s1. The van der Waals surface area contributed by atoms with Crippen molar-refractivity contribution in [2.45, 2.75) is 18.5 Å². The Labute approximate surface area is 155 Å². The standard InChI is InChI=1S/C15H17N5O2S3/c1-12-17-20(15(23)24-12)11-18-6-8-19(9-7-18)25(21,22)14-5-3-2-4-13(14)10-16/h2-5H,6-9,11H2,1H3. The highest BCUT2D eigenvalue weighted by molar-refractivity contribution is 7.89. The van der Waals surface area contributed by atoms with Gasteiger partial charge in [-0.05, 0) is 31.3 Å². The Bertz CT molecular complexity index is 966. The summed E-state index contributed by atoms with van der Waals surface area (Å²) in [6.45, 7) is 4.40. The molecule has 2 heterocycles. The molecule has 1 fully saturated rings. The minimum Gasteiger partial charge on any atom is -0.282 e. The predicted molar refractivity (Wildman–Crippen MR) is 97.2 cm³/mol. The fourth-order valence-electron chi connectivity index (χ4n) is 2.72. The van der Waals surface area contributed by atoms with Gasteiger partial charge in [0.05, 0.1) is 17.1 Å². The molecule has 3 rings (SSSR count). The first-order valence-electron chi connectivity index (χ1n) is 7.68. The van der Waals surface area contributed by atoms with Crippen LogP contribution in [-0.2, 0) is 16.7 Å². The van der Waals surface area contributed by atoms with Crippen molar-refractivity contribution in [1.29, 1.82) is 5.26 Å². The van der Waals surface area contributed by atoms with Crippen LogP contribution >= 0.6 is 23.6 Å². The number of nitrogens with zero attached hydrogens (tertiary/aromatic N) is 5. The molecule has 1 saturated heterocycles. The predicted octanol–water partition coefficient (Wildman–Crippen LogP) is 1.82. The van der Waals surface area contributed by atoms with E-state index in [4.69, 9.17) is 17.5 Å². The minimum absolute atomic E-state index is 0.0725. The lowest BCUT2D eigenvalue weighted by atomic mass is 10.2. The molecular weight excluding hydrogens is 378 g/mol. The molecule has 10 heteroatoms. The van der Waals surface area contributed by atoms with Crippen molar-refractivity contribution in [3.8, 4) is 6.07 Å². The molecule has 0 saturated carbocycles. The number of hydrogen-bond acceptors (Lipinski definition) is 7. The summed E-state index contributed by atoms with van der Waals surface area (Å²) in [4.78, 5) is 2.19. The lowest BCUT2D eigenvalue weighted by Gasteiger charge is -2.33. The van der Waals surface area contributed by atoms with Crippen molar-refractivity contribution >= 4 is 33.6 Å². The average Bonchev–Trinajstić information content (AvgIpc) is 2.92. The number of nitriles is 1. The highest BCUT2D eigenvalue weighted by Crippen LogP contribution is 2.21. The molecule has 0 amide bonds. The van der Waals surface area contributed by atoms with E-state index in [2.05, 4.69) is 10.00 Å². The summed E-state index contributed by atoms with van der Waals surface area (Å²) >= 11 is 6.74. The maximum Gasteiger partial charge on any atom is 0.244 e. The molecule has 2 aromatic rings. The fourth-order valence-corrected chi connectivity index (χ4v) is 5.34. The molecule has 0 N–H and O–H groups in total. The first-order chi connectivity index (χ1) is 11.9. The fraction of sp³-hybridized carbons (Fsp3) is 0.400. The number of aryl methyl sites for hydroxylation is 1. The molecule has 1 aliphatic heterocycles. The number of piperazine rings is 1. The van der Waals surface area contributed by atoms with Crippen LogP contribution in [0.15, 0.2) is 29.2 Å². The van der Waals surface area contributed by atoms with E-state index in [1.807, 2.05) is 13.0 Å². The second-order valence-electron chi connectivity index (χ2n) is 5.66. The molecule has 0 spiro atoms. The molecule has 1 aliphatic rings. The Morgan fingerprint density at radius 1 is 1.28 bits per heavy atom. The first kappa shape index (κ1) is 18.2. The molecule has 1 aromatic carbocycles. The third-order valence-corrected chi connectivity index (χ3v) is 7.18. The van der Waals surface area contributed by atoms with Gasteiger partial charge in [-0.25, -0.2) is 13.1 Å². The Hall–Kier alpha value is -1.64. The molecule has 0 radical (unpaired) electrons. The van der Waals surface area contributed by atoms with Gasteiger partial charge in [-0.2, -0.15) is 14.7 Å². The second kappa shape index (κ2) is 7.31. The molecule has 0 unspecified atom stereocenters. The van der Waals surface area contributed by atoms with Gasteiger partial charge in [0, 0.05) is 26.2 Å². The monoisotopic (exact) mass is 395 g/mol. The number of rotatable bonds is 4. The van der Waals surface area contributed by atoms with Crippen molar-refractivity contribution in [2.24, 2.45) is 0 Å². The summed E-state index contributed by atoms with van der Waals surface area (Å²) in [5.41, 5.74) is 0.175.